The standard InChI is InChI=1S/C29H36N8O2/c1-20-8-5-9-23(26(28(38)39)35-22-13-11-21(12-14-22)27(30)31)25(20)36-24-10-3-2-4-18-37(24)19-7-17-34-29-32-15-6-16-33-29/h5-6,8-9,11-16,26,35H,2-4,7,10,17-19H2,1H3,(H3,30,31)(H,38,39)(H,32,33,34)/t26-/m0/s1. The number of benzene rings is 2. The van der Waals surface area contributed by atoms with Crippen LogP contribution in [0.1, 0.15) is 54.8 Å². The number of carbonyl (C=O) groups is 1. The summed E-state index contributed by atoms with van der Waals surface area (Å²) in [6.07, 6.45) is 8.47. The summed E-state index contributed by atoms with van der Waals surface area (Å²) in [4.78, 5) is 28.3. The summed E-state index contributed by atoms with van der Waals surface area (Å²) in [6.45, 7) is 4.47. The Labute approximate surface area is 228 Å². The number of nitrogens with one attached hydrogen (secondary N) is 3. The lowest BCUT2D eigenvalue weighted by Crippen LogP contribution is -2.32. The minimum Gasteiger partial charge on any atom is -0.479 e. The van der Waals surface area contributed by atoms with Crippen molar-refractivity contribution in [3.8, 4) is 0 Å². The first-order valence-corrected chi connectivity index (χ1v) is 13.3. The van der Waals surface area contributed by atoms with Crippen LogP contribution in [0, 0.1) is 12.3 Å². The van der Waals surface area contributed by atoms with Crippen molar-refractivity contribution in [2.24, 2.45) is 10.7 Å². The Hall–Kier alpha value is -4.47. The number of aliphatic carboxylic acids is 1. The fraction of sp³-hybridized carbons (Fsp3) is 0.345. The van der Waals surface area contributed by atoms with Crippen LogP contribution in [0.5, 0.6) is 0 Å². The first kappa shape index (κ1) is 27.6. The molecule has 1 aliphatic rings. The zero-order valence-corrected chi connectivity index (χ0v) is 22.2. The van der Waals surface area contributed by atoms with E-state index in [1.165, 1.54) is 0 Å². The third-order valence-corrected chi connectivity index (χ3v) is 6.72. The van der Waals surface area contributed by atoms with Crippen LogP contribution in [0.25, 0.3) is 0 Å². The first-order valence-electron chi connectivity index (χ1n) is 13.3. The maximum absolute atomic E-state index is 12.5. The molecule has 1 atom stereocenters. The van der Waals surface area contributed by atoms with Crippen LogP contribution in [0.3, 0.4) is 0 Å². The molecule has 6 N–H and O–H groups in total. The van der Waals surface area contributed by atoms with Crippen molar-refractivity contribution in [1.82, 2.24) is 14.9 Å². The Bertz CT molecular complexity index is 1290. The highest BCUT2D eigenvalue weighted by molar-refractivity contribution is 5.95. The molecule has 1 aromatic heterocycles. The Morgan fingerprint density at radius 3 is 2.62 bits per heavy atom. The molecule has 0 aliphatic carbocycles. The first-order chi connectivity index (χ1) is 18.9. The van der Waals surface area contributed by atoms with Gasteiger partial charge in [-0.3, -0.25) is 5.41 Å². The Balaban J connectivity index is 1.56. The number of nitrogen functional groups attached to an aromatic ring is 1. The van der Waals surface area contributed by atoms with Crippen LogP contribution >= 0.6 is 0 Å². The zero-order valence-electron chi connectivity index (χ0n) is 22.2. The molecule has 204 valence electrons. The molecule has 0 amide bonds. The summed E-state index contributed by atoms with van der Waals surface area (Å²) in [6, 6.07) is 13.3. The van der Waals surface area contributed by atoms with Gasteiger partial charge >= 0.3 is 5.97 Å². The number of rotatable bonds is 11. The molecule has 39 heavy (non-hydrogen) atoms. The normalized spacial score (nSPS) is 15.4. The number of hydrogen-bond donors (Lipinski definition) is 5. The van der Waals surface area contributed by atoms with E-state index in [1.807, 2.05) is 25.1 Å². The van der Waals surface area contributed by atoms with Crippen molar-refractivity contribution in [1.29, 1.82) is 5.41 Å². The highest BCUT2D eigenvalue weighted by Crippen LogP contribution is 2.33. The van der Waals surface area contributed by atoms with E-state index in [0.717, 1.165) is 63.1 Å². The molecule has 0 radical (unpaired) electrons. The number of hydrogen-bond acceptors (Lipinski definition) is 7. The Kier molecular flexibility index (Phi) is 9.44. The molecular formula is C29H36N8O2. The number of carboxylic acids is 1. The minimum absolute atomic E-state index is 0.0368. The third kappa shape index (κ3) is 7.53. The quantitative estimate of drug-likeness (QED) is 0.136. The number of aliphatic imine (C=N–C) groups is 1. The molecule has 1 saturated heterocycles. The van der Waals surface area contributed by atoms with Gasteiger partial charge in [-0.05, 0) is 62.1 Å². The minimum atomic E-state index is -0.998. The molecule has 10 heteroatoms. The van der Waals surface area contributed by atoms with E-state index < -0.39 is 12.0 Å². The number of amidine groups is 2. The number of carboxylic acid groups (broad SMARTS) is 1. The second kappa shape index (κ2) is 13.4. The third-order valence-electron chi connectivity index (χ3n) is 6.72. The topological polar surface area (TPSA) is 153 Å². The van der Waals surface area contributed by atoms with Crippen LogP contribution < -0.4 is 16.4 Å². The van der Waals surface area contributed by atoms with Crippen LogP contribution in [0.4, 0.5) is 17.3 Å². The van der Waals surface area contributed by atoms with Crippen LogP contribution in [0.15, 0.2) is 65.9 Å². The molecule has 10 nitrogen and oxygen atoms in total. The lowest BCUT2D eigenvalue weighted by atomic mass is 10.0. The van der Waals surface area contributed by atoms with E-state index in [-0.39, 0.29) is 5.84 Å². The predicted octanol–water partition coefficient (Wildman–Crippen LogP) is 4.72. The Morgan fingerprint density at radius 1 is 1.13 bits per heavy atom. The van der Waals surface area contributed by atoms with Gasteiger partial charge < -0.3 is 26.4 Å². The lowest BCUT2D eigenvalue weighted by Gasteiger charge is -2.26. The maximum Gasteiger partial charge on any atom is 0.330 e. The Morgan fingerprint density at radius 2 is 1.90 bits per heavy atom. The van der Waals surface area contributed by atoms with Crippen molar-refractivity contribution < 1.29 is 9.90 Å². The molecule has 3 aromatic rings. The number of para-hydroxylation sites is 1. The van der Waals surface area contributed by atoms with Crippen molar-refractivity contribution >= 4 is 35.0 Å². The van der Waals surface area contributed by atoms with Gasteiger partial charge in [-0.25, -0.2) is 19.8 Å². The SMILES string of the molecule is Cc1cccc([C@H](Nc2ccc(C(=N)N)cc2)C(=O)O)c1N=C1CCCCCN1CCCNc1ncccn1. The molecule has 0 saturated carbocycles. The molecular weight excluding hydrogens is 492 g/mol. The molecule has 0 bridgehead atoms. The van der Waals surface area contributed by atoms with Crippen molar-refractivity contribution in [2.75, 3.05) is 30.3 Å². The largest absolute Gasteiger partial charge is 0.479 e. The summed E-state index contributed by atoms with van der Waals surface area (Å²) in [5, 5.41) is 24.2. The summed E-state index contributed by atoms with van der Waals surface area (Å²) in [7, 11) is 0. The monoisotopic (exact) mass is 528 g/mol. The fourth-order valence-corrected chi connectivity index (χ4v) is 4.66. The number of nitrogens with two attached hydrogens (primary N) is 1. The smallest absolute Gasteiger partial charge is 0.330 e. The molecule has 2 heterocycles. The fourth-order valence-electron chi connectivity index (χ4n) is 4.66. The van der Waals surface area contributed by atoms with Crippen molar-refractivity contribution in [3.63, 3.8) is 0 Å². The van der Waals surface area contributed by atoms with Crippen molar-refractivity contribution in [3.05, 3.63) is 77.6 Å². The van der Waals surface area contributed by atoms with E-state index >= 15 is 0 Å². The average molecular weight is 529 g/mol. The molecule has 4 rings (SSSR count). The molecule has 1 aliphatic heterocycles. The second-order valence-electron chi connectivity index (χ2n) is 9.60. The van der Waals surface area contributed by atoms with Crippen molar-refractivity contribution in [2.45, 2.75) is 45.1 Å². The van der Waals surface area contributed by atoms with E-state index in [0.29, 0.717) is 28.5 Å². The maximum atomic E-state index is 12.5. The second-order valence-corrected chi connectivity index (χ2v) is 9.60. The van der Waals surface area contributed by atoms with Gasteiger partial charge in [-0.1, -0.05) is 24.6 Å². The zero-order chi connectivity index (χ0) is 27.6. The van der Waals surface area contributed by atoms with Gasteiger partial charge in [0.1, 0.15) is 11.7 Å². The van der Waals surface area contributed by atoms with Gasteiger partial charge in [-0.15, -0.1) is 0 Å². The van der Waals surface area contributed by atoms with E-state index in [1.54, 1.807) is 42.7 Å². The van der Waals surface area contributed by atoms with Gasteiger partial charge in [0.05, 0.1) is 5.69 Å². The average Bonchev–Trinajstić information content (AvgIpc) is 3.16. The van der Waals surface area contributed by atoms with Gasteiger partial charge in [0.15, 0.2) is 6.04 Å². The number of aromatic nitrogens is 2. The van der Waals surface area contributed by atoms with Gasteiger partial charge in [0.25, 0.3) is 0 Å². The van der Waals surface area contributed by atoms with E-state index in [9.17, 15) is 9.90 Å². The predicted molar refractivity (Wildman–Crippen MR) is 155 cm³/mol. The van der Waals surface area contributed by atoms with E-state index in [2.05, 4.69) is 25.5 Å². The van der Waals surface area contributed by atoms with Crippen LogP contribution in [-0.2, 0) is 4.79 Å². The summed E-state index contributed by atoms with van der Waals surface area (Å²) in [5.74, 6) is 0.582. The molecule has 1 fully saturated rings. The number of aryl methyl sites for hydroxylation is 1. The summed E-state index contributed by atoms with van der Waals surface area (Å²) >= 11 is 0. The highest BCUT2D eigenvalue weighted by Gasteiger charge is 2.25. The highest BCUT2D eigenvalue weighted by atomic mass is 16.4. The number of nitrogens with zero attached hydrogens (tertiary/aromatic N) is 4. The summed E-state index contributed by atoms with van der Waals surface area (Å²) < 4.78 is 0. The van der Waals surface area contributed by atoms with Crippen LogP contribution in [-0.4, -0.2) is 57.2 Å². The van der Waals surface area contributed by atoms with E-state index in [4.69, 9.17) is 16.1 Å². The summed E-state index contributed by atoms with van der Waals surface area (Å²) in [5.41, 5.74) is 8.98. The molecule has 2 aromatic carbocycles. The molecule has 0 unspecified atom stereocenters. The van der Waals surface area contributed by atoms with Gasteiger partial charge in [-0.2, -0.15) is 0 Å². The lowest BCUT2D eigenvalue weighted by molar-refractivity contribution is -0.138. The number of likely N-dealkylation sites (tertiary alicyclic amines) is 1. The van der Waals surface area contributed by atoms with Gasteiger partial charge in [0.2, 0.25) is 5.95 Å². The van der Waals surface area contributed by atoms with Crippen LogP contribution in [0.2, 0.25) is 0 Å². The molecule has 0 spiro atoms. The number of anilines is 2. The van der Waals surface area contributed by atoms with Gasteiger partial charge in [0, 0.05) is 55.3 Å².